The molecule has 0 aromatic carbocycles. The highest BCUT2D eigenvalue weighted by Crippen LogP contribution is 1.78. The summed E-state index contributed by atoms with van der Waals surface area (Å²) in [6, 6.07) is 0.608. The Hall–Kier alpha value is -0.500. The number of hydrogen-bond acceptors (Lipinski definition) is 2. The van der Waals surface area contributed by atoms with Crippen LogP contribution in [0.25, 0.3) is 0 Å². The first kappa shape index (κ1) is 10.5. The lowest BCUT2D eigenvalue weighted by atomic mass is 10.3. The van der Waals surface area contributed by atoms with Crippen molar-refractivity contribution in [1.29, 1.82) is 0 Å². The van der Waals surface area contributed by atoms with Crippen LogP contribution < -0.4 is 10.6 Å². The van der Waals surface area contributed by atoms with Crippen molar-refractivity contribution in [3.63, 3.8) is 0 Å². The highest BCUT2D eigenvalue weighted by atomic mass is 14.9. The third-order valence-electron chi connectivity index (χ3n) is 1.33. The molecule has 0 saturated heterocycles. The first-order valence-corrected chi connectivity index (χ1v) is 4.35. The Kier molecular flexibility index (Phi) is 7.26. The predicted molar refractivity (Wildman–Crippen MR) is 50.6 cm³/mol. The summed E-state index contributed by atoms with van der Waals surface area (Å²) in [5.74, 6) is 0. The van der Waals surface area contributed by atoms with E-state index in [4.69, 9.17) is 0 Å². The van der Waals surface area contributed by atoms with Crippen molar-refractivity contribution in [1.82, 2.24) is 10.6 Å². The molecule has 66 valence electrons. The summed E-state index contributed by atoms with van der Waals surface area (Å²) in [6.07, 6.45) is 5.17. The fourth-order valence-electron chi connectivity index (χ4n) is 0.782. The van der Waals surface area contributed by atoms with Crippen molar-refractivity contribution >= 4 is 0 Å². The van der Waals surface area contributed by atoms with Gasteiger partial charge in [-0.3, -0.25) is 0 Å². The van der Waals surface area contributed by atoms with Crippen LogP contribution in [0.3, 0.4) is 0 Å². The number of hydrogen-bond donors (Lipinski definition) is 2. The van der Waals surface area contributed by atoms with Gasteiger partial charge in [-0.25, -0.2) is 0 Å². The number of rotatable bonds is 6. The summed E-state index contributed by atoms with van der Waals surface area (Å²) in [5, 5.41) is 6.55. The van der Waals surface area contributed by atoms with E-state index in [1.54, 1.807) is 0 Å². The molecule has 0 unspecified atom stereocenters. The smallest absolute Gasteiger partial charge is 0.0153 e. The Morgan fingerprint density at radius 1 is 1.27 bits per heavy atom. The number of nitrogens with one attached hydrogen (secondary N) is 2. The lowest BCUT2D eigenvalue weighted by Crippen LogP contribution is -2.25. The molecule has 0 spiro atoms. The monoisotopic (exact) mass is 156 g/mol. The number of allylic oxidation sites excluding steroid dienone is 1. The maximum atomic E-state index is 3.36. The fourth-order valence-corrected chi connectivity index (χ4v) is 0.782. The van der Waals surface area contributed by atoms with Crippen LogP contribution in [0, 0.1) is 0 Å². The molecular weight excluding hydrogens is 136 g/mol. The van der Waals surface area contributed by atoms with Crippen molar-refractivity contribution in [3.05, 3.63) is 12.3 Å². The van der Waals surface area contributed by atoms with Crippen LogP contribution >= 0.6 is 0 Å². The van der Waals surface area contributed by atoms with E-state index >= 15 is 0 Å². The van der Waals surface area contributed by atoms with E-state index in [-0.39, 0.29) is 0 Å². The second-order valence-electron chi connectivity index (χ2n) is 2.92. The molecule has 0 aliphatic rings. The van der Waals surface area contributed by atoms with Crippen LogP contribution in [-0.2, 0) is 0 Å². The molecule has 0 aliphatic carbocycles. The first-order valence-electron chi connectivity index (χ1n) is 4.35. The van der Waals surface area contributed by atoms with E-state index in [9.17, 15) is 0 Å². The summed E-state index contributed by atoms with van der Waals surface area (Å²) in [5.41, 5.74) is 0. The molecule has 0 bridgehead atoms. The second-order valence-corrected chi connectivity index (χ2v) is 2.92. The maximum absolute atomic E-state index is 3.36. The molecule has 0 aromatic heterocycles. The van der Waals surface area contributed by atoms with Crippen LogP contribution in [0.15, 0.2) is 12.3 Å². The molecular formula is C9H20N2. The minimum Gasteiger partial charge on any atom is -0.391 e. The molecule has 0 fully saturated rings. The van der Waals surface area contributed by atoms with Crippen molar-refractivity contribution in [2.45, 2.75) is 33.2 Å². The molecule has 0 rings (SSSR count). The average molecular weight is 156 g/mol. The van der Waals surface area contributed by atoms with Crippen molar-refractivity contribution in [2.75, 3.05) is 13.1 Å². The van der Waals surface area contributed by atoms with Crippen LogP contribution in [0.5, 0.6) is 0 Å². The summed E-state index contributed by atoms with van der Waals surface area (Å²) >= 11 is 0. The molecule has 0 radical (unpaired) electrons. The van der Waals surface area contributed by atoms with E-state index in [2.05, 4.69) is 24.5 Å². The van der Waals surface area contributed by atoms with Crippen molar-refractivity contribution < 1.29 is 0 Å². The molecule has 2 nitrogen and oxygen atoms in total. The topological polar surface area (TPSA) is 24.1 Å². The Balaban J connectivity index is 2.91. The molecule has 0 atom stereocenters. The SMILES string of the molecule is C/C=C\NCCCNC(C)C. The first-order chi connectivity index (χ1) is 5.27. The zero-order chi connectivity index (χ0) is 8.53. The minimum absolute atomic E-state index is 0.608. The highest BCUT2D eigenvalue weighted by Gasteiger charge is 1.89. The van der Waals surface area contributed by atoms with Crippen molar-refractivity contribution in [2.24, 2.45) is 0 Å². The third kappa shape index (κ3) is 9.50. The largest absolute Gasteiger partial charge is 0.391 e. The van der Waals surface area contributed by atoms with Gasteiger partial charge in [-0.2, -0.15) is 0 Å². The summed E-state index contributed by atoms with van der Waals surface area (Å²) in [7, 11) is 0. The van der Waals surface area contributed by atoms with Gasteiger partial charge >= 0.3 is 0 Å². The lowest BCUT2D eigenvalue weighted by Gasteiger charge is -2.06. The lowest BCUT2D eigenvalue weighted by molar-refractivity contribution is 0.564. The van der Waals surface area contributed by atoms with E-state index < -0.39 is 0 Å². The van der Waals surface area contributed by atoms with Gasteiger partial charge in [0.1, 0.15) is 0 Å². The molecule has 0 heterocycles. The fraction of sp³-hybridized carbons (Fsp3) is 0.778. The van der Waals surface area contributed by atoms with E-state index in [0.717, 1.165) is 13.1 Å². The molecule has 2 heteroatoms. The minimum atomic E-state index is 0.608. The molecule has 2 N–H and O–H groups in total. The summed E-state index contributed by atoms with van der Waals surface area (Å²) < 4.78 is 0. The highest BCUT2D eigenvalue weighted by molar-refractivity contribution is 4.73. The van der Waals surface area contributed by atoms with Crippen molar-refractivity contribution in [3.8, 4) is 0 Å². The van der Waals surface area contributed by atoms with Gasteiger partial charge in [-0.1, -0.05) is 19.9 Å². The summed E-state index contributed by atoms with van der Waals surface area (Å²) in [4.78, 5) is 0. The van der Waals surface area contributed by atoms with E-state index in [1.165, 1.54) is 6.42 Å². The van der Waals surface area contributed by atoms with Crippen LogP contribution in [-0.4, -0.2) is 19.1 Å². The van der Waals surface area contributed by atoms with Gasteiger partial charge in [0.15, 0.2) is 0 Å². The Morgan fingerprint density at radius 3 is 2.55 bits per heavy atom. The predicted octanol–water partition coefficient (Wildman–Crippen LogP) is 1.50. The van der Waals surface area contributed by atoms with Crippen LogP contribution in [0.4, 0.5) is 0 Å². The summed E-state index contributed by atoms with van der Waals surface area (Å²) in [6.45, 7) is 8.50. The van der Waals surface area contributed by atoms with E-state index in [1.807, 2.05) is 19.2 Å². The molecule has 0 amide bonds. The van der Waals surface area contributed by atoms with Gasteiger partial charge in [0.05, 0.1) is 0 Å². The molecule has 0 aromatic rings. The maximum Gasteiger partial charge on any atom is 0.0153 e. The molecule has 11 heavy (non-hydrogen) atoms. The normalized spacial score (nSPS) is 11.3. The zero-order valence-electron chi connectivity index (χ0n) is 7.85. The van der Waals surface area contributed by atoms with Gasteiger partial charge in [0, 0.05) is 12.6 Å². The van der Waals surface area contributed by atoms with Gasteiger partial charge in [-0.15, -0.1) is 0 Å². The third-order valence-corrected chi connectivity index (χ3v) is 1.33. The van der Waals surface area contributed by atoms with Crippen LogP contribution in [0.2, 0.25) is 0 Å². The Morgan fingerprint density at radius 2 is 2.00 bits per heavy atom. The Labute approximate surface area is 70.1 Å². The van der Waals surface area contributed by atoms with Gasteiger partial charge in [0.25, 0.3) is 0 Å². The molecule has 0 saturated carbocycles. The van der Waals surface area contributed by atoms with Crippen LogP contribution in [0.1, 0.15) is 27.2 Å². The van der Waals surface area contributed by atoms with Gasteiger partial charge in [-0.05, 0) is 26.1 Å². The standard InChI is InChI=1S/C9H20N2/c1-4-6-10-7-5-8-11-9(2)3/h4,6,9-11H,5,7-8H2,1-3H3/b6-4-. The Bertz CT molecular complexity index is 97.7. The quantitative estimate of drug-likeness (QED) is 0.569. The average Bonchev–Trinajstić information content (AvgIpc) is 1.96. The van der Waals surface area contributed by atoms with Gasteiger partial charge in [0.2, 0.25) is 0 Å². The van der Waals surface area contributed by atoms with Gasteiger partial charge < -0.3 is 10.6 Å². The van der Waals surface area contributed by atoms with E-state index in [0.29, 0.717) is 6.04 Å². The zero-order valence-corrected chi connectivity index (χ0v) is 7.85. The second kappa shape index (κ2) is 7.61. The molecule has 0 aliphatic heterocycles.